The highest BCUT2D eigenvalue weighted by Gasteiger charge is 2.76. The highest BCUT2D eigenvalue weighted by Crippen LogP contribution is 2.64. The van der Waals surface area contributed by atoms with Crippen LogP contribution in [0.25, 0.3) is 6.08 Å². The highest BCUT2D eigenvalue weighted by molar-refractivity contribution is 6.58. The van der Waals surface area contributed by atoms with Crippen LogP contribution in [-0.4, -0.2) is 58.5 Å². The fourth-order valence-electron chi connectivity index (χ4n) is 8.13. The van der Waals surface area contributed by atoms with E-state index in [1.807, 2.05) is 0 Å². The molecule has 4 aliphatic rings. The highest BCUT2D eigenvalue weighted by atomic mass is 35.5. The van der Waals surface area contributed by atoms with E-state index in [-0.39, 0.29) is 51.2 Å². The lowest BCUT2D eigenvalue weighted by Crippen LogP contribution is -2.60. The third-order valence-corrected chi connectivity index (χ3v) is 12.2. The lowest BCUT2D eigenvalue weighted by molar-refractivity contribution is -0.125. The van der Waals surface area contributed by atoms with Crippen molar-refractivity contribution in [2.45, 2.75) is 29.5 Å². The Morgan fingerprint density at radius 2 is 1.40 bits per heavy atom. The zero-order chi connectivity index (χ0) is 40.0. The molecule has 0 spiro atoms. The smallest absolute Gasteiger partial charge is 0.258 e. The molecule has 0 aromatic heterocycles. The molecule has 7 rings (SSSR count). The van der Waals surface area contributed by atoms with Crippen LogP contribution in [0, 0.1) is 52.8 Å². The lowest BCUT2D eigenvalue weighted by Gasteiger charge is -2.49. The van der Waals surface area contributed by atoms with Crippen molar-refractivity contribution in [2.24, 2.45) is 23.7 Å². The maximum atomic E-state index is 15.3. The molecule has 0 bridgehead atoms. The van der Waals surface area contributed by atoms with Gasteiger partial charge in [-0.3, -0.25) is 28.9 Å². The molecule has 3 fully saturated rings. The van der Waals surface area contributed by atoms with E-state index in [4.69, 9.17) is 32.7 Å². The molecule has 2 aliphatic carbocycles. The summed E-state index contributed by atoms with van der Waals surface area (Å²) in [6.45, 7) is 1.34. The lowest BCUT2D eigenvalue weighted by atomic mass is 9.57. The van der Waals surface area contributed by atoms with Gasteiger partial charge >= 0.3 is 0 Å². The van der Waals surface area contributed by atoms with Crippen molar-refractivity contribution < 1.29 is 60.5 Å². The predicted molar refractivity (Wildman–Crippen MR) is 186 cm³/mol. The molecule has 286 valence electrons. The Kier molecular flexibility index (Phi) is 9.11. The van der Waals surface area contributed by atoms with Crippen LogP contribution in [0.1, 0.15) is 35.7 Å². The number of hydrogen-bond acceptors (Lipinski definition) is 8. The number of fused-ring (bicyclic) bond motifs is 4. The van der Waals surface area contributed by atoms with Crippen molar-refractivity contribution in [3.8, 4) is 17.2 Å². The van der Waals surface area contributed by atoms with E-state index < -0.39 is 98.2 Å². The molecular weight excluding hydrogens is 778 g/mol. The third-order valence-electron chi connectivity index (χ3n) is 10.8. The zero-order valence-electron chi connectivity index (χ0n) is 28.8. The van der Waals surface area contributed by atoms with Crippen molar-refractivity contribution in [3.05, 3.63) is 94.3 Å². The van der Waals surface area contributed by atoms with Crippen LogP contribution in [0.5, 0.6) is 17.2 Å². The van der Waals surface area contributed by atoms with E-state index in [2.05, 4.69) is 0 Å². The molecule has 6 unspecified atom stereocenters. The van der Waals surface area contributed by atoms with Gasteiger partial charge in [-0.25, -0.2) is 26.9 Å². The molecular formula is C38H27Cl2F5N2O8. The number of anilines is 2. The first-order valence-corrected chi connectivity index (χ1v) is 17.3. The second kappa shape index (κ2) is 13.2. The summed E-state index contributed by atoms with van der Waals surface area (Å²) in [5, 5.41) is 10.4. The Labute approximate surface area is 318 Å². The number of allylic oxidation sites excluding steroid dienone is 3. The molecule has 3 aromatic rings. The number of methoxy groups -OCH3 is 2. The molecule has 2 aliphatic heterocycles. The molecule has 17 heteroatoms. The topological polar surface area (TPSA) is 131 Å². The van der Waals surface area contributed by atoms with E-state index in [1.54, 1.807) is 6.08 Å². The fraction of sp³-hybridized carbons (Fsp3) is 0.289. The van der Waals surface area contributed by atoms with Crippen molar-refractivity contribution in [1.29, 1.82) is 0 Å². The molecule has 3 aromatic carbocycles. The largest absolute Gasteiger partial charge is 0.502 e. The molecule has 1 N–H and O–H groups in total. The zero-order valence-corrected chi connectivity index (χ0v) is 30.3. The van der Waals surface area contributed by atoms with E-state index in [0.717, 1.165) is 4.90 Å². The van der Waals surface area contributed by atoms with Gasteiger partial charge in [0, 0.05) is 11.5 Å². The molecule has 2 saturated heterocycles. The van der Waals surface area contributed by atoms with Crippen LogP contribution < -0.4 is 19.3 Å². The summed E-state index contributed by atoms with van der Waals surface area (Å²) in [7, 11) is 2.54. The van der Waals surface area contributed by atoms with Crippen LogP contribution in [-0.2, 0) is 19.2 Å². The van der Waals surface area contributed by atoms with Gasteiger partial charge in [0.05, 0.1) is 31.7 Å². The number of alkyl halides is 2. The number of Topliss-reactive ketones (excluding diaryl/α,β-unsaturated/α-hetero) is 1. The van der Waals surface area contributed by atoms with Crippen LogP contribution in [0.15, 0.2) is 54.1 Å². The summed E-state index contributed by atoms with van der Waals surface area (Å²) < 4.78 is 84.1. The summed E-state index contributed by atoms with van der Waals surface area (Å²) in [6.07, 6.45) is 3.48. The number of phenolic OH excluding ortho intramolecular Hbond substituents is 1. The molecule has 4 amide bonds. The number of amides is 4. The first-order valence-electron chi connectivity index (χ1n) is 16.5. The maximum absolute atomic E-state index is 15.3. The summed E-state index contributed by atoms with van der Waals surface area (Å²) in [4.78, 5) is 64.0. The summed E-state index contributed by atoms with van der Waals surface area (Å²) in [6, 6.07) is 8.44. The number of benzene rings is 3. The Morgan fingerprint density at radius 1 is 0.836 bits per heavy atom. The van der Waals surface area contributed by atoms with Gasteiger partial charge in [0.2, 0.25) is 23.4 Å². The van der Waals surface area contributed by atoms with Gasteiger partial charge in [0.25, 0.3) is 11.8 Å². The molecule has 6 atom stereocenters. The van der Waals surface area contributed by atoms with Crippen molar-refractivity contribution in [3.63, 3.8) is 0 Å². The first-order chi connectivity index (χ1) is 25.9. The number of aromatic hydroxyl groups is 1. The predicted octanol–water partition coefficient (Wildman–Crippen LogP) is 6.62. The first kappa shape index (κ1) is 38.0. The van der Waals surface area contributed by atoms with Crippen molar-refractivity contribution in [1.82, 2.24) is 0 Å². The third kappa shape index (κ3) is 5.22. The SMILES string of the molecule is COc1cc(C=CC2C3=CCC4C(=O)N(c5ccc(C(C)=O)cc5)C(=O)C4C3CC3(Cl)C(=O)N(c4c(F)c(F)c(F)c(F)c4F)C(=O)C23Cl)cc(OC)c1O. The number of carbonyl (C=O) groups is 5. The van der Waals surface area contributed by atoms with Gasteiger partial charge in [-0.15, -0.1) is 23.2 Å². The second-order valence-corrected chi connectivity index (χ2v) is 14.7. The van der Waals surface area contributed by atoms with E-state index in [1.165, 1.54) is 69.7 Å². The number of ketones is 1. The van der Waals surface area contributed by atoms with E-state index in [0.29, 0.717) is 5.56 Å². The summed E-state index contributed by atoms with van der Waals surface area (Å²) in [5.74, 6) is -22.5. The number of nitrogens with zero attached hydrogens (tertiary/aromatic N) is 2. The molecule has 1 saturated carbocycles. The van der Waals surface area contributed by atoms with Crippen LogP contribution >= 0.6 is 23.2 Å². The number of halogens is 7. The maximum Gasteiger partial charge on any atom is 0.258 e. The Balaban J connectivity index is 1.39. The normalized spacial score (nSPS) is 27.3. The molecule has 55 heavy (non-hydrogen) atoms. The molecule has 10 nitrogen and oxygen atoms in total. The average Bonchev–Trinajstić information content (AvgIpc) is 3.51. The minimum absolute atomic E-state index is 0.0383. The number of hydrogen-bond donors (Lipinski definition) is 1. The number of rotatable bonds is 7. The van der Waals surface area contributed by atoms with Gasteiger partial charge in [0.1, 0.15) is 5.69 Å². The minimum Gasteiger partial charge on any atom is -0.502 e. The summed E-state index contributed by atoms with van der Waals surface area (Å²) in [5.41, 5.74) is -0.921. The van der Waals surface area contributed by atoms with Crippen LogP contribution in [0.3, 0.4) is 0 Å². The molecule has 2 heterocycles. The Bertz CT molecular complexity index is 2270. The van der Waals surface area contributed by atoms with Crippen LogP contribution in [0.2, 0.25) is 0 Å². The number of imide groups is 2. The van der Waals surface area contributed by atoms with Crippen molar-refractivity contribution >= 4 is 70.1 Å². The van der Waals surface area contributed by atoms with Crippen LogP contribution in [0.4, 0.5) is 33.3 Å². The quantitative estimate of drug-likeness (QED) is 0.0537. The van der Waals surface area contributed by atoms with Gasteiger partial charge in [-0.1, -0.05) is 23.8 Å². The Hall–Kier alpha value is -5.28. The van der Waals surface area contributed by atoms with E-state index >= 15 is 8.78 Å². The van der Waals surface area contributed by atoms with Gasteiger partial charge < -0.3 is 14.6 Å². The van der Waals surface area contributed by atoms with E-state index in [9.17, 15) is 42.3 Å². The van der Waals surface area contributed by atoms with Crippen molar-refractivity contribution in [2.75, 3.05) is 24.0 Å². The van der Waals surface area contributed by atoms with Gasteiger partial charge in [-0.05, 0) is 67.6 Å². The standard InChI is InChI=1S/C38H27Cl2F5N2O8/c1-15(48)17-5-7-18(8-6-17)46-33(50)20-10-9-19-21(25(20)34(46)51)14-37(39)35(52)47(31-29(44)27(42)26(41)28(43)30(31)45)36(53)38(37,40)22(19)11-4-16-12-23(54-2)32(49)24(13-16)55-3/h4-9,11-13,20-22,25,49H,10,14H2,1-3H3. The molecule has 0 radical (unpaired) electrons. The second-order valence-electron chi connectivity index (χ2n) is 13.5. The number of phenols is 1. The average molecular weight is 806 g/mol. The monoisotopic (exact) mass is 804 g/mol. The Morgan fingerprint density at radius 3 is 1.95 bits per heavy atom. The number of ether oxygens (including phenoxy) is 2. The number of carbonyl (C=O) groups excluding carboxylic acids is 5. The minimum atomic E-state index is -2.71. The van der Waals surface area contributed by atoms with Gasteiger partial charge in [0.15, 0.2) is 50.3 Å². The van der Waals surface area contributed by atoms with Gasteiger partial charge in [-0.2, -0.15) is 0 Å². The fourth-order valence-corrected chi connectivity index (χ4v) is 9.02. The summed E-state index contributed by atoms with van der Waals surface area (Å²) >= 11 is 14.2.